The van der Waals surface area contributed by atoms with Gasteiger partial charge in [0.15, 0.2) is 0 Å². The van der Waals surface area contributed by atoms with Crippen LogP contribution in [0.25, 0.3) is 0 Å². The van der Waals surface area contributed by atoms with Gasteiger partial charge in [-0.1, -0.05) is 21.3 Å². The normalized spacial score (nSPS) is 50.5. The maximum Gasteiger partial charge on any atom is 0.139 e. The minimum absolute atomic E-state index is 0. The van der Waals surface area contributed by atoms with Gasteiger partial charge in [-0.15, -0.1) is 0 Å². The number of carbonyl (C=O) groups excluding carboxylic acids is 1. The van der Waals surface area contributed by atoms with Crippen LogP contribution in [0.5, 0.6) is 0 Å². The van der Waals surface area contributed by atoms with Crippen LogP contribution in [0, 0.1) is 40.4 Å². The standard InChI is InChI=1S/C21H34O2.CH4/c1-20-10-8-16-15(17(20)5-4-14(12-20)13-23-3)9-11-21(2)18(16)6-7-19(21)22;/h14-18H,4-13H2,1-3H3;1H4. The molecule has 0 aromatic carbocycles. The first-order valence-electron chi connectivity index (χ1n) is 10.0. The molecule has 0 N–H and O–H groups in total. The molecule has 4 saturated carbocycles. The van der Waals surface area contributed by atoms with E-state index >= 15 is 0 Å². The van der Waals surface area contributed by atoms with Crippen LogP contribution >= 0.6 is 0 Å². The van der Waals surface area contributed by atoms with Crippen LogP contribution in [0.2, 0.25) is 0 Å². The molecular formula is C22H38O2. The summed E-state index contributed by atoms with van der Waals surface area (Å²) in [5, 5.41) is 0. The van der Waals surface area contributed by atoms with Crippen molar-refractivity contribution in [3.05, 3.63) is 0 Å². The van der Waals surface area contributed by atoms with Crippen molar-refractivity contribution in [3.8, 4) is 0 Å². The van der Waals surface area contributed by atoms with E-state index < -0.39 is 0 Å². The number of methoxy groups -OCH3 is 1. The van der Waals surface area contributed by atoms with E-state index in [0.29, 0.717) is 17.1 Å². The maximum atomic E-state index is 12.5. The van der Waals surface area contributed by atoms with Crippen LogP contribution in [-0.2, 0) is 9.53 Å². The van der Waals surface area contributed by atoms with Crippen LogP contribution in [0.4, 0.5) is 0 Å². The monoisotopic (exact) mass is 334 g/mol. The van der Waals surface area contributed by atoms with Crippen molar-refractivity contribution in [3.63, 3.8) is 0 Å². The number of ether oxygens (including phenoxy) is 1. The Balaban J connectivity index is 0.00000169. The number of rotatable bonds is 2. The Labute approximate surface area is 149 Å². The quantitative estimate of drug-likeness (QED) is 0.667. The minimum atomic E-state index is 0. The van der Waals surface area contributed by atoms with Gasteiger partial charge in [0.2, 0.25) is 0 Å². The lowest BCUT2D eigenvalue weighted by Gasteiger charge is -2.59. The summed E-state index contributed by atoms with van der Waals surface area (Å²) in [5.41, 5.74) is 0.584. The molecule has 7 atom stereocenters. The highest BCUT2D eigenvalue weighted by Gasteiger charge is 2.59. The first kappa shape index (κ1) is 18.4. The number of Topliss-reactive ketones (excluding diaryl/α,β-unsaturated/α-hetero) is 1. The molecule has 138 valence electrons. The van der Waals surface area contributed by atoms with Gasteiger partial charge < -0.3 is 4.74 Å². The molecule has 0 bridgehead atoms. The number of fused-ring (bicyclic) bond motifs is 5. The summed E-state index contributed by atoms with van der Waals surface area (Å²) >= 11 is 0. The SMILES string of the molecule is C.COCC1CCC2C3CCC4(C)C(=O)CCC4C3CCC2(C)C1. The predicted octanol–water partition coefficient (Wildman–Crippen LogP) is 5.50. The molecule has 0 radical (unpaired) electrons. The summed E-state index contributed by atoms with van der Waals surface area (Å²) in [6.45, 7) is 5.82. The molecule has 0 heterocycles. The van der Waals surface area contributed by atoms with E-state index in [1.54, 1.807) is 0 Å². The molecule has 0 saturated heterocycles. The van der Waals surface area contributed by atoms with Crippen LogP contribution in [0.1, 0.15) is 79.1 Å². The van der Waals surface area contributed by atoms with Crippen molar-refractivity contribution in [1.29, 1.82) is 0 Å². The highest BCUT2D eigenvalue weighted by atomic mass is 16.5. The van der Waals surface area contributed by atoms with E-state index in [2.05, 4.69) is 13.8 Å². The lowest BCUT2D eigenvalue weighted by Crippen LogP contribution is -2.52. The molecule has 4 aliphatic carbocycles. The Morgan fingerprint density at radius 1 is 1.00 bits per heavy atom. The topological polar surface area (TPSA) is 26.3 Å². The van der Waals surface area contributed by atoms with Crippen molar-refractivity contribution in [2.45, 2.75) is 79.1 Å². The molecule has 0 spiro atoms. The second kappa shape index (κ2) is 6.41. The van der Waals surface area contributed by atoms with Crippen LogP contribution < -0.4 is 0 Å². The smallest absolute Gasteiger partial charge is 0.139 e. The van der Waals surface area contributed by atoms with Gasteiger partial charge in [-0.25, -0.2) is 0 Å². The molecule has 2 heteroatoms. The lowest BCUT2D eigenvalue weighted by atomic mass is 9.46. The third kappa shape index (κ3) is 2.59. The highest BCUT2D eigenvalue weighted by molar-refractivity contribution is 5.87. The van der Waals surface area contributed by atoms with Crippen LogP contribution in [0.15, 0.2) is 0 Å². The van der Waals surface area contributed by atoms with Gasteiger partial charge in [-0.2, -0.15) is 0 Å². The average Bonchev–Trinajstić information content (AvgIpc) is 2.82. The number of ketones is 1. The van der Waals surface area contributed by atoms with Crippen molar-refractivity contribution in [2.75, 3.05) is 13.7 Å². The number of hydrogen-bond acceptors (Lipinski definition) is 2. The van der Waals surface area contributed by atoms with E-state index in [1.807, 2.05) is 7.11 Å². The molecule has 4 fully saturated rings. The van der Waals surface area contributed by atoms with E-state index in [9.17, 15) is 4.79 Å². The third-order valence-electron chi connectivity index (χ3n) is 8.71. The number of carbonyl (C=O) groups is 1. The summed E-state index contributed by atoms with van der Waals surface area (Å²) in [6, 6.07) is 0. The fourth-order valence-electron chi connectivity index (χ4n) is 7.57. The Bertz CT molecular complexity index is 486. The van der Waals surface area contributed by atoms with Crippen molar-refractivity contribution in [2.24, 2.45) is 40.4 Å². The van der Waals surface area contributed by atoms with Crippen molar-refractivity contribution >= 4 is 5.78 Å². The van der Waals surface area contributed by atoms with E-state index in [0.717, 1.165) is 36.7 Å². The fraction of sp³-hybridized carbons (Fsp3) is 0.955. The van der Waals surface area contributed by atoms with E-state index in [-0.39, 0.29) is 12.8 Å². The van der Waals surface area contributed by atoms with Gasteiger partial charge in [-0.3, -0.25) is 4.79 Å². The second-order valence-corrected chi connectivity index (χ2v) is 9.75. The summed E-state index contributed by atoms with van der Waals surface area (Å²) < 4.78 is 5.46. The summed E-state index contributed by atoms with van der Waals surface area (Å²) in [4.78, 5) is 12.5. The van der Waals surface area contributed by atoms with Gasteiger partial charge in [0.25, 0.3) is 0 Å². The molecule has 2 nitrogen and oxygen atoms in total. The lowest BCUT2D eigenvalue weighted by molar-refractivity contribution is -0.137. The summed E-state index contributed by atoms with van der Waals surface area (Å²) in [5.74, 6) is 4.72. The Morgan fingerprint density at radius 3 is 2.46 bits per heavy atom. The molecule has 4 rings (SSSR count). The second-order valence-electron chi connectivity index (χ2n) is 9.75. The number of hydrogen-bond donors (Lipinski definition) is 0. The Morgan fingerprint density at radius 2 is 1.71 bits per heavy atom. The zero-order chi connectivity index (χ0) is 16.2. The molecular weight excluding hydrogens is 296 g/mol. The molecule has 0 aromatic rings. The first-order chi connectivity index (χ1) is 11.0. The zero-order valence-electron chi connectivity index (χ0n) is 15.3. The van der Waals surface area contributed by atoms with E-state index in [4.69, 9.17) is 4.74 Å². The van der Waals surface area contributed by atoms with Gasteiger partial charge in [-0.05, 0) is 86.4 Å². The van der Waals surface area contributed by atoms with Gasteiger partial charge >= 0.3 is 0 Å². The van der Waals surface area contributed by atoms with Gasteiger partial charge in [0.1, 0.15) is 5.78 Å². The fourth-order valence-corrected chi connectivity index (χ4v) is 7.57. The van der Waals surface area contributed by atoms with Crippen molar-refractivity contribution in [1.82, 2.24) is 0 Å². The Hall–Kier alpha value is -0.370. The maximum absolute atomic E-state index is 12.5. The van der Waals surface area contributed by atoms with E-state index in [1.165, 1.54) is 51.4 Å². The molecule has 0 amide bonds. The van der Waals surface area contributed by atoms with Crippen molar-refractivity contribution < 1.29 is 9.53 Å². The largest absolute Gasteiger partial charge is 0.384 e. The highest BCUT2D eigenvalue weighted by Crippen LogP contribution is 2.64. The van der Waals surface area contributed by atoms with Gasteiger partial charge in [0.05, 0.1) is 0 Å². The molecule has 24 heavy (non-hydrogen) atoms. The molecule has 0 aliphatic heterocycles. The first-order valence-corrected chi connectivity index (χ1v) is 10.0. The van der Waals surface area contributed by atoms with Gasteiger partial charge in [0, 0.05) is 25.6 Å². The Kier molecular flexibility index (Phi) is 4.92. The molecule has 4 aliphatic rings. The molecule has 0 aromatic heterocycles. The van der Waals surface area contributed by atoms with Crippen LogP contribution in [0.3, 0.4) is 0 Å². The minimum Gasteiger partial charge on any atom is -0.384 e. The summed E-state index contributed by atoms with van der Waals surface area (Å²) in [6.07, 6.45) is 11.4. The zero-order valence-corrected chi connectivity index (χ0v) is 15.3. The predicted molar refractivity (Wildman–Crippen MR) is 98.8 cm³/mol. The summed E-state index contributed by atoms with van der Waals surface area (Å²) in [7, 11) is 1.85. The third-order valence-corrected chi connectivity index (χ3v) is 8.71. The average molecular weight is 335 g/mol. The van der Waals surface area contributed by atoms with Crippen LogP contribution in [-0.4, -0.2) is 19.5 Å². The molecule has 7 unspecified atom stereocenters.